The number of amides is 1. The molecule has 1 amide bonds. The number of alkyl halides is 3. The van der Waals surface area contributed by atoms with Crippen molar-refractivity contribution in [3.63, 3.8) is 0 Å². The lowest BCUT2D eigenvalue weighted by Crippen LogP contribution is -2.38. The molecule has 3 atom stereocenters. The molecule has 0 bridgehead atoms. The number of nitrogens with two attached hydrogens (primary N) is 1. The maximum absolute atomic E-state index is 14.8. The third-order valence-electron chi connectivity index (χ3n) is 8.76. The lowest BCUT2D eigenvalue weighted by atomic mass is 9.87. The Hall–Kier alpha value is -3.54. The van der Waals surface area contributed by atoms with E-state index in [-0.39, 0.29) is 30.3 Å². The Morgan fingerprint density at radius 2 is 1.74 bits per heavy atom. The molecule has 3 N–H and O–H groups in total. The summed E-state index contributed by atoms with van der Waals surface area (Å²) in [6.45, 7) is 2.60. The number of hydrogen-bond donors (Lipinski definition) is 2. The number of nitrogens with one attached hydrogen (secondary N) is 1. The number of nitrogens with zero attached hydrogens (tertiary/aromatic N) is 1. The molecule has 6 rings (SSSR count). The first-order chi connectivity index (χ1) is 22.5. The van der Waals surface area contributed by atoms with Gasteiger partial charge in [-0.25, -0.2) is 0 Å². The number of ether oxygens (including phenoxy) is 1. The first-order valence-electron chi connectivity index (χ1n) is 15.8. The number of morpholine rings is 1. The van der Waals surface area contributed by atoms with E-state index in [4.69, 9.17) is 19.5 Å². The van der Waals surface area contributed by atoms with Gasteiger partial charge < -0.3 is 25.2 Å². The van der Waals surface area contributed by atoms with Gasteiger partial charge in [-0.2, -0.15) is 13.2 Å². The topological polar surface area (TPSA) is 120 Å². The highest BCUT2D eigenvalue weighted by Gasteiger charge is 2.45. The van der Waals surface area contributed by atoms with Crippen molar-refractivity contribution in [2.45, 2.75) is 50.9 Å². The lowest BCUT2D eigenvalue weighted by Gasteiger charge is -2.32. The summed E-state index contributed by atoms with van der Waals surface area (Å²) < 4.78 is 71.9. The summed E-state index contributed by atoms with van der Waals surface area (Å²) in [5.41, 5.74) is 9.70. The van der Waals surface area contributed by atoms with E-state index >= 15 is 0 Å². The van der Waals surface area contributed by atoms with Gasteiger partial charge in [0, 0.05) is 36.3 Å². The first kappa shape index (κ1) is 33.4. The van der Waals surface area contributed by atoms with Gasteiger partial charge in [0.05, 0.1) is 31.0 Å². The van der Waals surface area contributed by atoms with Crippen LogP contribution >= 0.6 is 7.60 Å². The number of ketones is 1. The fourth-order valence-corrected chi connectivity index (χ4v) is 8.78. The number of carbonyl (C=O) groups is 2. The number of benzene rings is 3. The van der Waals surface area contributed by atoms with Gasteiger partial charge in [-0.15, -0.1) is 0 Å². The minimum Gasteiger partial charge on any atom is -0.378 e. The van der Waals surface area contributed by atoms with Crippen LogP contribution in [0.15, 0.2) is 54.6 Å². The molecular formula is C34H37F3N3O6P. The molecule has 2 aliphatic heterocycles. The first-order valence-corrected chi connectivity index (χ1v) is 17.4. The molecule has 3 aliphatic rings. The summed E-state index contributed by atoms with van der Waals surface area (Å²) in [6.07, 6.45) is -3.74. The number of carbonyl (C=O) groups excluding carboxylic acids is 2. The molecule has 3 aromatic carbocycles. The van der Waals surface area contributed by atoms with Crippen LogP contribution in [0.3, 0.4) is 0 Å². The van der Waals surface area contributed by atoms with E-state index in [1.165, 1.54) is 0 Å². The lowest BCUT2D eigenvalue weighted by molar-refractivity contribution is -0.138. The maximum Gasteiger partial charge on any atom is 0.405 e. The number of halogens is 3. The Bertz CT molecular complexity index is 1730. The number of rotatable bonds is 9. The van der Waals surface area contributed by atoms with Crippen LogP contribution in [-0.2, 0) is 29.6 Å². The van der Waals surface area contributed by atoms with E-state index in [0.717, 1.165) is 0 Å². The molecule has 0 radical (unpaired) electrons. The molecular weight excluding hydrogens is 634 g/mol. The predicted molar refractivity (Wildman–Crippen MR) is 171 cm³/mol. The Kier molecular flexibility index (Phi) is 9.60. The number of para-hydroxylation sites is 1. The number of unbranched alkanes of at least 4 members (excludes halogenated alkanes) is 1. The largest absolute Gasteiger partial charge is 0.405 e. The summed E-state index contributed by atoms with van der Waals surface area (Å²) in [7, 11) is -4.28. The normalized spacial score (nSPS) is 22.4. The summed E-state index contributed by atoms with van der Waals surface area (Å²) in [4.78, 5) is 30.6. The van der Waals surface area contributed by atoms with Crippen molar-refractivity contribution in [2.24, 2.45) is 5.73 Å². The van der Waals surface area contributed by atoms with Gasteiger partial charge in [0.15, 0.2) is 5.78 Å². The SMILES string of the molecule is CCCCc1c2c(cc(C(=O)c3ccccc3N3CCOCC3)c1P1(=O)OCCC(N)O1)-c1ccccc1C2C(=O)NCC(F)(F)F. The minimum absolute atomic E-state index is 0.0104. The van der Waals surface area contributed by atoms with E-state index in [2.05, 4.69) is 10.2 Å². The average Bonchev–Trinajstić information content (AvgIpc) is 3.39. The summed E-state index contributed by atoms with van der Waals surface area (Å²) in [5.74, 6) is -2.43. The van der Waals surface area contributed by atoms with E-state index < -0.39 is 44.2 Å². The van der Waals surface area contributed by atoms with Gasteiger partial charge in [0.1, 0.15) is 12.8 Å². The quantitative estimate of drug-likeness (QED) is 0.229. The molecule has 3 unspecified atom stereocenters. The second-order valence-corrected chi connectivity index (χ2v) is 13.8. The maximum atomic E-state index is 14.8. The third-order valence-corrected chi connectivity index (χ3v) is 10.9. The summed E-state index contributed by atoms with van der Waals surface area (Å²) in [6, 6.07) is 15.7. The smallest absolute Gasteiger partial charge is 0.378 e. The highest BCUT2D eigenvalue weighted by Crippen LogP contribution is 2.56. The summed E-state index contributed by atoms with van der Waals surface area (Å²) in [5, 5.41) is 2.07. The fraction of sp³-hybridized carbons (Fsp3) is 0.412. The standard InChI is InChI=1S/C34H37F3N3O6P/c1-2-3-8-24-29-25(21-9-4-5-10-22(21)30(29)33(42)39-20-34(35,36)37)19-26(32(24)47(43)45-16-13-28(38)46-47)31(41)23-11-6-7-12-27(23)40-14-17-44-18-15-40/h4-7,9-12,19,28,30H,2-3,8,13-18,20,38H2,1H3,(H,39,42). The number of anilines is 1. The Morgan fingerprint density at radius 1 is 1.02 bits per heavy atom. The van der Waals surface area contributed by atoms with Gasteiger partial charge in [-0.3, -0.25) is 18.7 Å². The van der Waals surface area contributed by atoms with Gasteiger partial charge in [-0.1, -0.05) is 49.7 Å². The second kappa shape index (κ2) is 13.5. The van der Waals surface area contributed by atoms with Crippen molar-refractivity contribution in [1.82, 2.24) is 5.32 Å². The highest BCUT2D eigenvalue weighted by atomic mass is 31.2. The molecule has 13 heteroatoms. The van der Waals surface area contributed by atoms with Crippen molar-refractivity contribution in [2.75, 3.05) is 44.4 Å². The zero-order valence-corrected chi connectivity index (χ0v) is 26.9. The average molecular weight is 672 g/mol. The molecule has 9 nitrogen and oxygen atoms in total. The molecule has 2 saturated heterocycles. The minimum atomic E-state index is -4.62. The van der Waals surface area contributed by atoms with Crippen LogP contribution in [0.5, 0.6) is 0 Å². The monoisotopic (exact) mass is 671 g/mol. The third kappa shape index (κ3) is 6.62. The molecule has 250 valence electrons. The van der Waals surface area contributed by atoms with Crippen LogP contribution in [0.25, 0.3) is 11.1 Å². The van der Waals surface area contributed by atoms with E-state index in [1.807, 2.05) is 19.1 Å². The van der Waals surface area contributed by atoms with Crippen LogP contribution in [0.4, 0.5) is 18.9 Å². The van der Waals surface area contributed by atoms with Crippen molar-refractivity contribution >= 4 is 30.3 Å². The fourth-order valence-electron chi connectivity index (χ4n) is 6.66. The molecule has 2 heterocycles. The van der Waals surface area contributed by atoms with Crippen LogP contribution in [0.1, 0.15) is 64.7 Å². The molecule has 0 spiro atoms. The highest BCUT2D eigenvalue weighted by molar-refractivity contribution is 7.62. The van der Waals surface area contributed by atoms with Crippen molar-refractivity contribution < 1.29 is 41.1 Å². The van der Waals surface area contributed by atoms with Crippen LogP contribution < -0.4 is 21.3 Å². The zero-order valence-electron chi connectivity index (χ0n) is 26.0. The molecule has 3 aromatic rings. The molecule has 2 fully saturated rings. The van der Waals surface area contributed by atoms with Crippen LogP contribution in [0, 0.1) is 0 Å². The number of fused-ring (bicyclic) bond motifs is 3. The Balaban J connectivity index is 1.61. The Labute approximate surface area is 271 Å². The summed E-state index contributed by atoms with van der Waals surface area (Å²) >= 11 is 0. The van der Waals surface area contributed by atoms with Gasteiger partial charge in [-0.05, 0) is 58.9 Å². The second-order valence-electron chi connectivity index (χ2n) is 11.9. The van der Waals surface area contributed by atoms with Gasteiger partial charge in [0.2, 0.25) is 5.91 Å². The number of hydrogen-bond acceptors (Lipinski definition) is 8. The zero-order chi connectivity index (χ0) is 33.3. The molecule has 0 aromatic heterocycles. The Morgan fingerprint density at radius 3 is 2.47 bits per heavy atom. The van der Waals surface area contributed by atoms with Gasteiger partial charge in [0.25, 0.3) is 0 Å². The van der Waals surface area contributed by atoms with Crippen molar-refractivity contribution in [3.05, 3.63) is 82.4 Å². The van der Waals surface area contributed by atoms with Crippen molar-refractivity contribution in [3.8, 4) is 11.1 Å². The van der Waals surface area contributed by atoms with E-state index in [9.17, 15) is 27.3 Å². The predicted octanol–water partition coefficient (Wildman–Crippen LogP) is 5.43. The van der Waals surface area contributed by atoms with E-state index in [0.29, 0.717) is 78.2 Å². The molecule has 1 aliphatic carbocycles. The van der Waals surface area contributed by atoms with Crippen LogP contribution in [0.2, 0.25) is 0 Å². The molecule has 0 saturated carbocycles. The van der Waals surface area contributed by atoms with Crippen molar-refractivity contribution in [1.29, 1.82) is 0 Å². The van der Waals surface area contributed by atoms with E-state index in [1.54, 1.807) is 42.5 Å². The van der Waals surface area contributed by atoms with Gasteiger partial charge >= 0.3 is 13.8 Å². The van der Waals surface area contributed by atoms with Crippen LogP contribution in [-0.4, -0.2) is 63.5 Å². The molecule has 47 heavy (non-hydrogen) atoms.